The molecule has 0 saturated heterocycles. The lowest BCUT2D eigenvalue weighted by atomic mass is 10.2. The molecule has 5 heteroatoms. The molecule has 0 amide bonds. The Morgan fingerprint density at radius 3 is 2.30 bits per heavy atom. The maximum absolute atomic E-state index is 13.6. The van der Waals surface area contributed by atoms with Gasteiger partial charge < -0.3 is 15.5 Å². The molecule has 1 aromatic rings. The van der Waals surface area contributed by atoms with Crippen LogP contribution in [0.15, 0.2) is 12.1 Å². The molecular weight excluding hydrogens is 277 g/mol. The topological polar surface area (TPSA) is 32.5 Å². The van der Waals surface area contributed by atoms with Gasteiger partial charge in [-0.15, -0.1) is 0 Å². The second-order valence-electron chi connectivity index (χ2n) is 4.79. The third kappa shape index (κ3) is 4.53. The Hall–Kier alpha value is -1.00. The van der Waals surface area contributed by atoms with E-state index >= 15 is 0 Å². The van der Waals surface area contributed by atoms with Crippen molar-refractivity contribution in [3.05, 3.63) is 23.0 Å². The summed E-state index contributed by atoms with van der Waals surface area (Å²) in [5, 5.41) is 0.0745. The highest BCUT2D eigenvalue weighted by Gasteiger charge is 2.12. The lowest BCUT2D eigenvalue weighted by Gasteiger charge is -2.26. The summed E-state index contributed by atoms with van der Waals surface area (Å²) in [6.07, 6.45) is 1.03. The van der Waals surface area contributed by atoms with E-state index in [9.17, 15) is 4.39 Å². The van der Waals surface area contributed by atoms with E-state index in [1.807, 2.05) is 6.92 Å². The van der Waals surface area contributed by atoms with Crippen molar-refractivity contribution in [3.8, 4) is 0 Å². The zero-order chi connectivity index (χ0) is 15.1. The van der Waals surface area contributed by atoms with Gasteiger partial charge in [-0.1, -0.05) is 25.4 Å². The number of benzene rings is 1. The summed E-state index contributed by atoms with van der Waals surface area (Å²) >= 11 is 5.74. The highest BCUT2D eigenvalue weighted by atomic mass is 35.5. The van der Waals surface area contributed by atoms with Gasteiger partial charge in [-0.05, 0) is 39.0 Å². The first-order valence-corrected chi connectivity index (χ1v) is 7.63. The maximum Gasteiger partial charge on any atom is 0.144 e. The largest absolute Gasteiger partial charge is 0.397 e. The van der Waals surface area contributed by atoms with Crippen LogP contribution in [-0.4, -0.2) is 37.6 Å². The Kier molecular flexibility index (Phi) is 7.10. The second-order valence-corrected chi connectivity index (χ2v) is 5.19. The highest BCUT2D eigenvalue weighted by molar-refractivity contribution is 6.31. The van der Waals surface area contributed by atoms with Gasteiger partial charge in [-0.3, -0.25) is 0 Å². The second kappa shape index (κ2) is 8.32. The van der Waals surface area contributed by atoms with Gasteiger partial charge in [0.2, 0.25) is 0 Å². The molecule has 3 nitrogen and oxygen atoms in total. The molecule has 2 N–H and O–H groups in total. The van der Waals surface area contributed by atoms with E-state index in [0.29, 0.717) is 5.69 Å². The first-order valence-electron chi connectivity index (χ1n) is 7.25. The quantitative estimate of drug-likeness (QED) is 0.744. The third-order valence-corrected chi connectivity index (χ3v) is 3.88. The number of hydrogen-bond acceptors (Lipinski definition) is 3. The number of nitrogen functional groups attached to an aromatic ring is 1. The molecule has 0 saturated carbocycles. The van der Waals surface area contributed by atoms with Crippen LogP contribution in [-0.2, 0) is 0 Å². The van der Waals surface area contributed by atoms with Crippen molar-refractivity contribution in [2.24, 2.45) is 0 Å². The molecule has 0 aromatic heterocycles. The lowest BCUT2D eigenvalue weighted by Crippen LogP contribution is -2.30. The fraction of sp³-hybridized carbons (Fsp3) is 0.600. The van der Waals surface area contributed by atoms with Crippen molar-refractivity contribution in [1.82, 2.24) is 4.90 Å². The Morgan fingerprint density at radius 1 is 1.10 bits per heavy atom. The molecule has 1 aromatic carbocycles. The zero-order valence-corrected chi connectivity index (χ0v) is 13.4. The van der Waals surface area contributed by atoms with E-state index in [-0.39, 0.29) is 5.02 Å². The van der Waals surface area contributed by atoms with Crippen LogP contribution in [0.1, 0.15) is 27.2 Å². The SMILES string of the molecule is CCN(CC)CCCN(CC)c1cc(F)c(Cl)cc1N. The van der Waals surface area contributed by atoms with Gasteiger partial charge in [0.15, 0.2) is 0 Å². The standard InChI is InChI=1S/C15H25ClFN3/c1-4-19(5-2)8-7-9-20(6-3)15-11-13(17)12(16)10-14(15)18/h10-11H,4-9,18H2,1-3H3. The minimum Gasteiger partial charge on any atom is -0.397 e. The molecular formula is C15H25ClFN3. The van der Waals surface area contributed by atoms with Crippen LogP contribution < -0.4 is 10.6 Å². The predicted molar refractivity (Wildman–Crippen MR) is 86.1 cm³/mol. The molecule has 0 aliphatic rings. The van der Waals surface area contributed by atoms with Gasteiger partial charge in [0.1, 0.15) is 5.82 Å². The van der Waals surface area contributed by atoms with Crippen LogP contribution in [0.4, 0.5) is 15.8 Å². The lowest BCUT2D eigenvalue weighted by molar-refractivity contribution is 0.301. The van der Waals surface area contributed by atoms with Crippen molar-refractivity contribution < 1.29 is 4.39 Å². The molecule has 0 aliphatic heterocycles. The molecule has 0 aliphatic carbocycles. The predicted octanol–water partition coefficient (Wildman–Crippen LogP) is 3.62. The van der Waals surface area contributed by atoms with E-state index in [2.05, 4.69) is 23.6 Å². The fourth-order valence-electron chi connectivity index (χ4n) is 2.30. The first-order chi connectivity index (χ1) is 9.53. The fourth-order valence-corrected chi connectivity index (χ4v) is 2.47. The van der Waals surface area contributed by atoms with Crippen molar-refractivity contribution in [2.75, 3.05) is 43.4 Å². The number of anilines is 2. The molecule has 1 rings (SSSR count). The van der Waals surface area contributed by atoms with E-state index in [1.165, 1.54) is 12.1 Å². The monoisotopic (exact) mass is 301 g/mol. The van der Waals surface area contributed by atoms with Crippen molar-refractivity contribution in [3.63, 3.8) is 0 Å². The van der Waals surface area contributed by atoms with Gasteiger partial charge >= 0.3 is 0 Å². The number of rotatable bonds is 8. The van der Waals surface area contributed by atoms with Gasteiger partial charge in [0, 0.05) is 19.2 Å². The Labute approximate surface area is 126 Å². The van der Waals surface area contributed by atoms with E-state index in [0.717, 1.165) is 44.8 Å². The highest BCUT2D eigenvalue weighted by Crippen LogP contribution is 2.29. The van der Waals surface area contributed by atoms with Gasteiger partial charge in [-0.25, -0.2) is 4.39 Å². The van der Waals surface area contributed by atoms with E-state index in [1.54, 1.807) is 0 Å². The summed E-state index contributed by atoms with van der Waals surface area (Å²) in [5.41, 5.74) is 7.21. The zero-order valence-electron chi connectivity index (χ0n) is 12.6. The van der Waals surface area contributed by atoms with Crippen LogP contribution in [0.25, 0.3) is 0 Å². The van der Waals surface area contributed by atoms with Gasteiger partial charge in [-0.2, -0.15) is 0 Å². The van der Waals surface area contributed by atoms with Gasteiger partial charge in [0.05, 0.1) is 16.4 Å². The van der Waals surface area contributed by atoms with Crippen molar-refractivity contribution >= 4 is 23.0 Å². The average Bonchev–Trinajstić information content (AvgIpc) is 2.44. The third-order valence-electron chi connectivity index (χ3n) is 3.59. The van der Waals surface area contributed by atoms with Crippen molar-refractivity contribution in [2.45, 2.75) is 27.2 Å². The molecule has 0 bridgehead atoms. The van der Waals surface area contributed by atoms with Crippen LogP contribution in [0.3, 0.4) is 0 Å². The minimum absolute atomic E-state index is 0.0745. The van der Waals surface area contributed by atoms with Crippen LogP contribution in [0, 0.1) is 5.82 Å². The van der Waals surface area contributed by atoms with Crippen LogP contribution >= 0.6 is 11.6 Å². The Balaban J connectivity index is 2.69. The Bertz CT molecular complexity index is 422. The molecule has 0 unspecified atom stereocenters. The molecule has 114 valence electrons. The van der Waals surface area contributed by atoms with Crippen LogP contribution in [0.5, 0.6) is 0 Å². The van der Waals surface area contributed by atoms with E-state index in [4.69, 9.17) is 17.3 Å². The smallest absolute Gasteiger partial charge is 0.144 e. The van der Waals surface area contributed by atoms with E-state index < -0.39 is 5.82 Å². The summed E-state index contributed by atoms with van der Waals surface area (Å²) in [6.45, 7) is 11.2. The summed E-state index contributed by atoms with van der Waals surface area (Å²) in [7, 11) is 0. The number of hydrogen-bond donors (Lipinski definition) is 1. The Morgan fingerprint density at radius 2 is 1.75 bits per heavy atom. The summed E-state index contributed by atoms with van der Waals surface area (Å²) < 4.78 is 13.6. The molecule has 0 spiro atoms. The van der Waals surface area contributed by atoms with Crippen molar-refractivity contribution in [1.29, 1.82) is 0 Å². The molecule has 0 radical (unpaired) electrons. The first kappa shape index (κ1) is 17.1. The maximum atomic E-state index is 13.6. The average molecular weight is 302 g/mol. The summed E-state index contributed by atoms with van der Waals surface area (Å²) in [4.78, 5) is 4.47. The normalized spacial score (nSPS) is 11.1. The number of nitrogens with two attached hydrogens (primary N) is 1. The molecule has 0 heterocycles. The van der Waals surface area contributed by atoms with Gasteiger partial charge in [0.25, 0.3) is 0 Å². The van der Waals surface area contributed by atoms with Crippen LogP contribution in [0.2, 0.25) is 5.02 Å². The number of halogens is 2. The minimum atomic E-state index is -0.418. The molecule has 0 atom stereocenters. The molecule has 0 fully saturated rings. The summed E-state index contributed by atoms with van der Waals surface area (Å²) in [6, 6.07) is 2.91. The molecule has 20 heavy (non-hydrogen) atoms. The summed E-state index contributed by atoms with van der Waals surface area (Å²) in [5.74, 6) is -0.418. The number of nitrogens with zero attached hydrogens (tertiary/aromatic N) is 2.